The van der Waals surface area contributed by atoms with Crippen LogP contribution in [0.5, 0.6) is 0 Å². The molecule has 0 unspecified atom stereocenters. The molecule has 6 nitrogen and oxygen atoms in total. The lowest BCUT2D eigenvalue weighted by Gasteiger charge is -2.05. The van der Waals surface area contributed by atoms with Crippen LogP contribution in [-0.2, 0) is 0 Å². The van der Waals surface area contributed by atoms with E-state index in [1.165, 1.54) is 6.07 Å². The van der Waals surface area contributed by atoms with Crippen LogP contribution < -0.4 is 10.9 Å². The molecular weight excluding hydrogens is 218 g/mol. The Bertz CT molecular complexity index is 585. The summed E-state index contributed by atoms with van der Waals surface area (Å²) in [5.41, 5.74) is 2.15. The van der Waals surface area contributed by atoms with Crippen LogP contribution in [0.2, 0.25) is 0 Å². The highest BCUT2D eigenvalue weighted by molar-refractivity contribution is 5.42. The third-order valence-electron chi connectivity index (χ3n) is 2.08. The van der Waals surface area contributed by atoms with E-state index in [4.69, 9.17) is 0 Å². The minimum absolute atomic E-state index is 0.204. The molecule has 0 atom stereocenters. The van der Waals surface area contributed by atoms with Crippen molar-refractivity contribution in [2.75, 3.05) is 5.32 Å². The third-order valence-corrected chi connectivity index (χ3v) is 2.08. The van der Waals surface area contributed by atoms with Gasteiger partial charge in [0, 0.05) is 23.1 Å². The zero-order chi connectivity index (χ0) is 12.4. The Morgan fingerprint density at radius 1 is 1.00 bits per heavy atom. The number of hydrogen-bond acceptors (Lipinski definition) is 5. The van der Waals surface area contributed by atoms with Crippen molar-refractivity contribution in [2.24, 2.45) is 0 Å². The largest absolute Gasteiger partial charge is 0.294 e. The molecular formula is C11H13N5O. The fourth-order valence-electron chi connectivity index (χ4n) is 1.53. The van der Waals surface area contributed by atoms with Gasteiger partial charge in [0.2, 0.25) is 11.9 Å². The smallest absolute Gasteiger partial charge is 0.252 e. The van der Waals surface area contributed by atoms with E-state index in [2.05, 4.69) is 25.3 Å². The minimum atomic E-state index is -0.204. The van der Waals surface area contributed by atoms with Gasteiger partial charge >= 0.3 is 0 Å². The molecule has 0 radical (unpaired) electrons. The first-order chi connectivity index (χ1) is 8.02. The lowest BCUT2D eigenvalue weighted by molar-refractivity contribution is 1.02. The Morgan fingerprint density at radius 3 is 2.18 bits per heavy atom. The van der Waals surface area contributed by atoms with Crippen LogP contribution in [-0.4, -0.2) is 19.9 Å². The Balaban J connectivity index is 2.34. The standard InChI is InChI=1S/C11H13N5O/c1-6-4-7(2)13-10(12-6)16-11-14-8(3)5-9(17)15-11/h4-5H,1-3H3,(H2,12,13,14,15,16,17). The molecule has 88 valence electrons. The van der Waals surface area contributed by atoms with Crippen LogP contribution in [0.3, 0.4) is 0 Å². The van der Waals surface area contributed by atoms with Crippen LogP contribution in [0.15, 0.2) is 16.9 Å². The highest BCUT2D eigenvalue weighted by Gasteiger charge is 2.02. The topological polar surface area (TPSA) is 83.6 Å². The molecule has 0 aliphatic rings. The molecule has 0 aliphatic heterocycles. The number of nitrogens with one attached hydrogen (secondary N) is 2. The summed E-state index contributed by atoms with van der Waals surface area (Å²) >= 11 is 0. The lowest BCUT2D eigenvalue weighted by Crippen LogP contribution is -2.12. The molecule has 17 heavy (non-hydrogen) atoms. The first-order valence-corrected chi connectivity index (χ1v) is 5.20. The van der Waals surface area contributed by atoms with Gasteiger partial charge in [-0.15, -0.1) is 0 Å². The molecule has 0 saturated carbocycles. The number of aromatic amines is 1. The highest BCUT2D eigenvalue weighted by Crippen LogP contribution is 2.08. The summed E-state index contributed by atoms with van der Waals surface area (Å²) in [6.07, 6.45) is 0. The van der Waals surface area contributed by atoms with Gasteiger partial charge in [0.15, 0.2) is 0 Å². The Morgan fingerprint density at radius 2 is 1.59 bits per heavy atom. The fraction of sp³-hybridized carbons (Fsp3) is 0.273. The molecule has 0 spiro atoms. The molecule has 0 bridgehead atoms. The quantitative estimate of drug-likeness (QED) is 0.812. The Hall–Kier alpha value is -2.24. The summed E-state index contributed by atoms with van der Waals surface area (Å²) in [7, 11) is 0. The summed E-state index contributed by atoms with van der Waals surface area (Å²) in [6.45, 7) is 5.52. The maximum atomic E-state index is 11.3. The normalized spacial score (nSPS) is 10.3. The summed E-state index contributed by atoms with van der Waals surface area (Å²) < 4.78 is 0. The van der Waals surface area contributed by atoms with Crippen LogP contribution in [0.1, 0.15) is 17.1 Å². The molecule has 0 saturated heterocycles. The zero-order valence-electron chi connectivity index (χ0n) is 9.90. The van der Waals surface area contributed by atoms with Crippen molar-refractivity contribution < 1.29 is 0 Å². The van der Waals surface area contributed by atoms with E-state index in [0.29, 0.717) is 17.6 Å². The van der Waals surface area contributed by atoms with Crippen LogP contribution in [0.4, 0.5) is 11.9 Å². The van der Waals surface area contributed by atoms with Crippen molar-refractivity contribution in [3.8, 4) is 0 Å². The van der Waals surface area contributed by atoms with Gasteiger partial charge in [0.25, 0.3) is 5.56 Å². The molecule has 2 heterocycles. The first kappa shape index (κ1) is 11.3. The monoisotopic (exact) mass is 231 g/mol. The van der Waals surface area contributed by atoms with E-state index in [1.54, 1.807) is 6.92 Å². The van der Waals surface area contributed by atoms with Gasteiger partial charge < -0.3 is 0 Å². The van der Waals surface area contributed by atoms with Crippen LogP contribution >= 0.6 is 0 Å². The number of anilines is 2. The average molecular weight is 231 g/mol. The van der Waals surface area contributed by atoms with E-state index in [9.17, 15) is 4.79 Å². The molecule has 2 N–H and O–H groups in total. The first-order valence-electron chi connectivity index (χ1n) is 5.20. The van der Waals surface area contributed by atoms with Crippen molar-refractivity contribution in [1.82, 2.24) is 19.9 Å². The van der Waals surface area contributed by atoms with E-state index in [-0.39, 0.29) is 5.56 Å². The predicted molar refractivity (Wildman–Crippen MR) is 64.4 cm³/mol. The second-order valence-electron chi connectivity index (χ2n) is 3.83. The minimum Gasteiger partial charge on any atom is -0.294 e. The van der Waals surface area contributed by atoms with E-state index in [1.807, 2.05) is 19.9 Å². The summed E-state index contributed by atoms with van der Waals surface area (Å²) in [4.78, 5) is 26.4. The van der Waals surface area contributed by atoms with E-state index >= 15 is 0 Å². The van der Waals surface area contributed by atoms with Gasteiger partial charge in [-0.3, -0.25) is 15.1 Å². The number of aryl methyl sites for hydroxylation is 3. The third kappa shape index (κ3) is 2.87. The van der Waals surface area contributed by atoms with E-state index in [0.717, 1.165) is 11.4 Å². The summed E-state index contributed by atoms with van der Waals surface area (Å²) in [5.74, 6) is 0.774. The number of H-pyrrole nitrogens is 1. The second kappa shape index (κ2) is 4.32. The number of rotatable bonds is 2. The average Bonchev–Trinajstić information content (AvgIpc) is 2.13. The molecule has 0 amide bonds. The highest BCUT2D eigenvalue weighted by atomic mass is 16.1. The maximum Gasteiger partial charge on any atom is 0.252 e. The number of nitrogens with zero attached hydrogens (tertiary/aromatic N) is 3. The van der Waals surface area contributed by atoms with Gasteiger partial charge in [0.05, 0.1) is 0 Å². The van der Waals surface area contributed by atoms with Crippen molar-refractivity contribution in [2.45, 2.75) is 20.8 Å². The number of aromatic nitrogens is 4. The van der Waals surface area contributed by atoms with Crippen molar-refractivity contribution in [3.05, 3.63) is 39.6 Å². The second-order valence-corrected chi connectivity index (χ2v) is 3.83. The zero-order valence-corrected chi connectivity index (χ0v) is 9.90. The molecule has 2 aromatic heterocycles. The van der Waals surface area contributed by atoms with Crippen LogP contribution in [0, 0.1) is 20.8 Å². The van der Waals surface area contributed by atoms with Crippen molar-refractivity contribution in [3.63, 3.8) is 0 Å². The van der Waals surface area contributed by atoms with Crippen molar-refractivity contribution >= 4 is 11.9 Å². The molecule has 0 aromatic carbocycles. The van der Waals surface area contributed by atoms with Crippen LogP contribution in [0.25, 0.3) is 0 Å². The number of hydrogen-bond donors (Lipinski definition) is 2. The van der Waals surface area contributed by atoms with Gasteiger partial charge in [-0.1, -0.05) is 0 Å². The molecule has 2 aromatic rings. The molecule has 0 aliphatic carbocycles. The fourth-order valence-corrected chi connectivity index (χ4v) is 1.53. The van der Waals surface area contributed by atoms with Gasteiger partial charge in [-0.25, -0.2) is 15.0 Å². The molecule has 2 rings (SSSR count). The van der Waals surface area contributed by atoms with Gasteiger partial charge in [0.1, 0.15) is 0 Å². The Kier molecular flexibility index (Phi) is 2.86. The predicted octanol–water partition coefficient (Wildman–Crippen LogP) is 1.23. The lowest BCUT2D eigenvalue weighted by atomic mass is 10.4. The maximum absolute atomic E-state index is 11.3. The van der Waals surface area contributed by atoms with E-state index < -0.39 is 0 Å². The van der Waals surface area contributed by atoms with Gasteiger partial charge in [-0.05, 0) is 26.8 Å². The van der Waals surface area contributed by atoms with Crippen molar-refractivity contribution in [1.29, 1.82) is 0 Å². The summed E-state index contributed by atoms with van der Waals surface area (Å²) in [5, 5.41) is 2.88. The SMILES string of the molecule is Cc1cc(C)nc(Nc2nc(C)cc(=O)[nH]2)n1. The Labute approximate surface area is 98.2 Å². The summed E-state index contributed by atoms with van der Waals surface area (Å²) in [6, 6.07) is 3.30. The van der Waals surface area contributed by atoms with Gasteiger partial charge in [-0.2, -0.15) is 0 Å². The molecule has 0 fully saturated rings. The molecule has 6 heteroatoms.